The normalized spacial score (nSPS) is 21.1. The summed E-state index contributed by atoms with van der Waals surface area (Å²) in [6.45, 7) is 4.17. The zero-order valence-electron chi connectivity index (χ0n) is 11.4. The number of pyridine rings is 1. The summed E-state index contributed by atoms with van der Waals surface area (Å²) in [6, 6.07) is 2.07. The first-order valence-corrected chi connectivity index (χ1v) is 6.32. The van der Waals surface area contributed by atoms with Crippen LogP contribution in [0.2, 0.25) is 0 Å². The first-order chi connectivity index (χ1) is 9.31. The van der Waals surface area contributed by atoms with Gasteiger partial charge in [0.15, 0.2) is 0 Å². The minimum Gasteiger partial charge on any atom is -0.351 e. The number of anilines is 2. The second-order valence-electron chi connectivity index (χ2n) is 5.05. The molecule has 8 heteroatoms. The van der Waals surface area contributed by atoms with Gasteiger partial charge < -0.3 is 15.2 Å². The Bertz CT molecular complexity index is 477. The summed E-state index contributed by atoms with van der Waals surface area (Å²) in [6.07, 6.45) is -4.42. The van der Waals surface area contributed by atoms with E-state index in [1.165, 1.54) is 0 Å². The monoisotopic (exact) mass is 289 g/mol. The predicted octanol–water partition coefficient (Wildman–Crippen LogP) is 1.53. The van der Waals surface area contributed by atoms with Gasteiger partial charge in [-0.1, -0.05) is 0 Å². The van der Waals surface area contributed by atoms with Crippen LogP contribution in [0.25, 0.3) is 0 Å². The number of hydrogen-bond donors (Lipinski definition) is 2. The van der Waals surface area contributed by atoms with E-state index in [0.717, 1.165) is 25.2 Å². The quantitative estimate of drug-likeness (QED) is 0.639. The molecular weight excluding hydrogens is 271 g/mol. The number of hydrazine groups is 1. The van der Waals surface area contributed by atoms with Gasteiger partial charge in [-0.2, -0.15) is 13.2 Å². The number of alkyl halides is 3. The third-order valence-corrected chi connectivity index (χ3v) is 3.41. The molecule has 1 fully saturated rings. The average molecular weight is 289 g/mol. The number of nitrogen functional groups attached to an aromatic ring is 1. The Hall–Kier alpha value is -1.54. The first kappa shape index (κ1) is 14.9. The van der Waals surface area contributed by atoms with Crippen LogP contribution in [0, 0.1) is 0 Å². The van der Waals surface area contributed by atoms with Crippen LogP contribution in [-0.2, 0) is 6.18 Å². The van der Waals surface area contributed by atoms with E-state index in [1.54, 1.807) is 0 Å². The molecule has 0 aromatic carbocycles. The molecule has 1 unspecified atom stereocenters. The van der Waals surface area contributed by atoms with Crippen LogP contribution in [0.5, 0.6) is 0 Å². The minimum absolute atomic E-state index is 0.0148. The molecule has 1 aromatic heterocycles. The third-order valence-electron chi connectivity index (χ3n) is 3.41. The molecule has 1 saturated heterocycles. The molecule has 0 bridgehead atoms. The van der Waals surface area contributed by atoms with Crippen molar-refractivity contribution in [2.45, 2.75) is 19.1 Å². The van der Waals surface area contributed by atoms with Crippen LogP contribution in [0.15, 0.2) is 12.1 Å². The van der Waals surface area contributed by atoms with E-state index in [9.17, 15) is 13.2 Å². The van der Waals surface area contributed by atoms with Gasteiger partial charge in [-0.15, -0.1) is 0 Å². The van der Waals surface area contributed by atoms with Crippen molar-refractivity contribution in [2.75, 3.05) is 37.0 Å². The third kappa shape index (κ3) is 3.13. The van der Waals surface area contributed by atoms with Crippen molar-refractivity contribution in [1.29, 1.82) is 0 Å². The number of likely N-dealkylation sites (N-methyl/N-ethyl adjacent to an activating group) is 1. The summed E-state index contributed by atoms with van der Waals surface area (Å²) >= 11 is 0. The van der Waals surface area contributed by atoms with E-state index >= 15 is 0 Å². The lowest BCUT2D eigenvalue weighted by molar-refractivity contribution is -0.137. The zero-order valence-corrected chi connectivity index (χ0v) is 11.4. The average Bonchev–Trinajstić information content (AvgIpc) is 2.37. The van der Waals surface area contributed by atoms with Crippen molar-refractivity contribution in [3.8, 4) is 0 Å². The van der Waals surface area contributed by atoms with Crippen LogP contribution in [0.4, 0.5) is 24.8 Å². The summed E-state index contributed by atoms with van der Waals surface area (Å²) in [5.41, 5.74) is 1.45. The van der Waals surface area contributed by atoms with Gasteiger partial charge in [0.05, 0.1) is 5.56 Å². The smallest absolute Gasteiger partial charge is 0.351 e. The standard InChI is InChI=1S/C12H18F3N5/c1-8-7-19(2)3-4-20(8)11-6-9(12(13,14)15)5-10(17-11)18-16/h5-6,8H,3-4,7,16H2,1-2H3,(H,17,18). The maximum Gasteiger partial charge on any atom is 0.416 e. The number of piperazine rings is 1. The highest BCUT2D eigenvalue weighted by Crippen LogP contribution is 2.33. The Morgan fingerprint density at radius 1 is 1.35 bits per heavy atom. The Labute approximate surface area is 115 Å². The summed E-state index contributed by atoms with van der Waals surface area (Å²) in [5, 5.41) is 0. The second kappa shape index (κ2) is 5.45. The van der Waals surface area contributed by atoms with E-state index in [1.807, 2.05) is 18.9 Å². The van der Waals surface area contributed by atoms with E-state index in [4.69, 9.17) is 5.84 Å². The fraction of sp³-hybridized carbons (Fsp3) is 0.583. The molecule has 1 aromatic rings. The fourth-order valence-electron chi connectivity index (χ4n) is 2.38. The van der Waals surface area contributed by atoms with Gasteiger partial charge in [-0.3, -0.25) is 0 Å². The van der Waals surface area contributed by atoms with Gasteiger partial charge in [-0.25, -0.2) is 10.8 Å². The van der Waals surface area contributed by atoms with Crippen LogP contribution < -0.4 is 16.2 Å². The molecule has 0 amide bonds. The molecule has 2 heterocycles. The molecule has 0 radical (unpaired) electrons. The van der Waals surface area contributed by atoms with Gasteiger partial charge in [0.25, 0.3) is 0 Å². The van der Waals surface area contributed by atoms with Gasteiger partial charge >= 0.3 is 6.18 Å². The predicted molar refractivity (Wildman–Crippen MR) is 71.4 cm³/mol. The van der Waals surface area contributed by atoms with Crippen molar-refractivity contribution in [1.82, 2.24) is 9.88 Å². The highest BCUT2D eigenvalue weighted by molar-refractivity contribution is 5.51. The summed E-state index contributed by atoms with van der Waals surface area (Å²) in [5.74, 6) is 5.52. The highest BCUT2D eigenvalue weighted by atomic mass is 19.4. The Kier molecular flexibility index (Phi) is 4.05. The van der Waals surface area contributed by atoms with Crippen LogP contribution in [0.3, 0.4) is 0 Å². The number of hydrogen-bond acceptors (Lipinski definition) is 5. The molecule has 1 aliphatic heterocycles. The molecule has 112 valence electrons. The lowest BCUT2D eigenvalue weighted by Gasteiger charge is -2.39. The maximum absolute atomic E-state index is 12.9. The van der Waals surface area contributed by atoms with Crippen molar-refractivity contribution in [3.05, 3.63) is 17.7 Å². The molecule has 20 heavy (non-hydrogen) atoms. The lowest BCUT2D eigenvalue weighted by Crippen LogP contribution is -2.50. The molecule has 0 aliphatic carbocycles. The van der Waals surface area contributed by atoms with Gasteiger partial charge in [0, 0.05) is 25.7 Å². The first-order valence-electron chi connectivity index (χ1n) is 6.32. The summed E-state index contributed by atoms with van der Waals surface area (Å²) < 4.78 is 38.7. The fourth-order valence-corrected chi connectivity index (χ4v) is 2.38. The van der Waals surface area contributed by atoms with Gasteiger partial charge in [-0.05, 0) is 26.1 Å². The van der Waals surface area contributed by atoms with Gasteiger partial charge in [0.2, 0.25) is 0 Å². The van der Waals surface area contributed by atoms with E-state index in [0.29, 0.717) is 12.4 Å². The Balaban J connectivity index is 2.36. The second-order valence-corrected chi connectivity index (χ2v) is 5.05. The number of nitrogens with zero attached hydrogens (tertiary/aromatic N) is 3. The topological polar surface area (TPSA) is 57.4 Å². The molecule has 3 N–H and O–H groups in total. The number of nitrogens with two attached hydrogens (primary N) is 1. The minimum atomic E-state index is -4.42. The largest absolute Gasteiger partial charge is 0.416 e. The van der Waals surface area contributed by atoms with Crippen molar-refractivity contribution in [2.24, 2.45) is 5.84 Å². The molecule has 1 aliphatic rings. The number of aromatic nitrogens is 1. The number of rotatable bonds is 2. The van der Waals surface area contributed by atoms with Crippen LogP contribution in [0.1, 0.15) is 12.5 Å². The summed E-state index contributed by atoms with van der Waals surface area (Å²) in [4.78, 5) is 8.14. The van der Waals surface area contributed by atoms with E-state index in [-0.39, 0.29) is 11.9 Å². The molecular formula is C12H18F3N5. The van der Waals surface area contributed by atoms with E-state index in [2.05, 4.69) is 15.3 Å². The van der Waals surface area contributed by atoms with E-state index < -0.39 is 11.7 Å². The molecule has 2 rings (SSSR count). The van der Waals surface area contributed by atoms with Crippen molar-refractivity contribution >= 4 is 11.6 Å². The van der Waals surface area contributed by atoms with Gasteiger partial charge in [0.1, 0.15) is 11.6 Å². The molecule has 0 saturated carbocycles. The number of nitrogens with one attached hydrogen (secondary N) is 1. The lowest BCUT2D eigenvalue weighted by atomic mass is 10.1. The van der Waals surface area contributed by atoms with Crippen LogP contribution >= 0.6 is 0 Å². The molecule has 5 nitrogen and oxygen atoms in total. The number of halogens is 3. The molecule has 0 spiro atoms. The highest BCUT2D eigenvalue weighted by Gasteiger charge is 2.33. The Morgan fingerprint density at radius 2 is 2.05 bits per heavy atom. The van der Waals surface area contributed by atoms with Crippen molar-refractivity contribution < 1.29 is 13.2 Å². The Morgan fingerprint density at radius 3 is 2.60 bits per heavy atom. The SMILES string of the molecule is CC1CN(C)CCN1c1cc(C(F)(F)F)cc(NN)n1. The summed E-state index contributed by atoms with van der Waals surface area (Å²) in [7, 11) is 1.99. The molecule has 1 atom stereocenters. The maximum atomic E-state index is 12.9. The zero-order chi connectivity index (χ0) is 14.9. The van der Waals surface area contributed by atoms with Crippen molar-refractivity contribution in [3.63, 3.8) is 0 Å². The van der Waals surface area contributed by atoms with Crippen LogP contribution in [-0.4, -0.2) is 42.6 Å².